The first-order chi connectivity index (χ1) is 10.1. The Kier molecular flexibility index (Phi) is 4.27. The molecule has 1 aliphatic carbocycles. The molecule has 1 aliphatic rings. The summed E-state index contributed by atoms with van der Waals surface area (Å²) in [6.07, 6.45) is 0. The van der Waals surface area contributed by atoms with Crippen molar-refractivity contribution >= 4 is 11.6 Å². The van der Waals surface area contributed by atoms with Gasteiger partial charge in [-0.15, -0.1) is 0 Å². The minimum absolute atomic E-state index is 0.0352. The highest BCUT2D eigenvalue weighted by atomic mass is 16.1. The van der Waals surface area contributed by atoms with Crippen molar-refractivity contribution in [3.05, 3.63) is 46.5 Å². The number of nitrogens with zero attached hydrogens (tertiary/aromatic N) is 3. The smallest absolute Gasteiger partial charge is 0.191 e. The molecule has 0 fully saturated rings. The molecule has 0 heterocycles. The maximum absolute atomic E-state index is 12.5. The molecule has 0 unspecified atom stereocenters. The minimum atomic E-state index is -0.205. The molecule has 0 spiro atoms. The number of hydrogen-bond acceptors (Lipinski definition) is 5. The normalized spacial score (nSPS) is 13.9. The lowest BCUT2D eigenvalue weighted by molar-refractivity contribution is 0.0968. The molecule has 0 radical (unpaired) electrons. The average molecular weight is 279 g/mol. The summed E-state index contributed by atoms with van der Waals surface area (Å²) < 4.78 is 0. The molecule has 0 N–H and O–H groups in total. The number of fused-ring (bicyclic) bond motifs is 1. The Hall–Kier alpha value is -2.76. The summed E-state index contributed by atoms with van der Waals surface area (Å²) in [4.78, 5) is 26.4. The van der Waals surface area contributed by atoms with Crippen molar-refractivity contribution < 1.29 is 9.59 Å². The van der Waals surface area contributed by atoms with E-state index in [2.05, 4.69) is 0 Å². The van der Waals surface area contributed by atoms with Gasteiger partial charge in [-0.3, -0.25) is 14.5 Å². The maximum atomic E-state index is 12.5. The predicted octanol–water partition coefficient (Wildman–Crippen LogP) is 1.73. The van der Waals surface area contributed by atoms with E-state index in [0.717, 1.165) is 0 Å². The Morgan fingerprint density at radius 3 is 2.05 bits per heavy atom. The summed E-state index contributed by atoms with van der Waals surface area (Å²) in [5.41, 5.74) is 1.55. The van der Waals surface area contributed by atoms with Gasteiger partial charge in [0.2, 0.25) is 0 Å². The molecule has 21 heavy (non-hydrogen) atoms. The second-order valence-corrected chi connectivity index (χ2v) is 4.77. The van der Waals surface area contributed by atoms with E-state index in [1.54, 1.807) is 31.2 Å². The SMILES string of the molecule is CC1=C(CN(CC#N)CC#N)C(=O)c2ccccc2C1=O. The standard InChI is InChI=1S/C16H13N3O2/c1-11-14(10-19(8-6-17)9-7-18)16(21)13-5-3-2-4-12(13)15(11)20/h2-5H,8-10H2,1H3. The van der Waals surface area contributed by atoms with Crippen LogP contribution in [0.4, 0.5) is 0 Å². The molecule has 1 aromatic rings. The third-order valence-corrected chi connectivity index (χ3v) is 3.45. The van der Waals surface area contributed by atoms with E-state index in [0.29, 0.717) is 22.3 Å². The zero-order chi connectivity index (χ0) is 15.4. The third-order valence-electron chi connectivity index (χ3n) is 3.45. The van der Waals surface area contributed by atoms with Gasteiger partial charge in [-0.1, -0.05) is 24.3 Å². The first-order valence-electron chi connectivity index (χ1n) is 6.44. The van der Waals surface area contributed by atoms with Gasteiger partial charge in [0.25, 0.3) is 0 Å². The Labute approximate surface area is 122 Å². The van der Waals surface area contributed by atoms with Crippen LogP contribution >= 0.6 is 0 Å². The Morgan fingerprint density at radius 2 is 1.52 bits per heavy atom. The second kappa shape index (κ2) is 6.13. The molecule has 0 bridgehead atoms. The molecule has 2 rings (SSSR count). The largest absolute Gasteiger partial charge is 0.289 e. The first kappa shape index (κ1) is 14.6. The van der Waals surface area contributed by atoms with Crippen molar-refractivity contribution in [1.29, 1.82) is 10.5 Å². The maximum Gasteiger partial charge on any atom is 0.191 e. The summed E-state index contributed by atoms with van der Waals surface area (Å²) >= 11 is 0. The van der Waals surface area contributed by atoms with E-state index in [9.17, 15) is 9.59 Å². The van der Waals surface area contributed by atoms with E-state index >= 15 is 0 Å². The molecule has 0 aromatic heterocycles. The quantitative estimate of drug-likeness (QED) is 0.783. The van der Waals surface area contributed by atoms with Crippen LogP contribution < -0.4 is 0 Å². The van der Waals surface area contributed by atoms with Crippen molar-refractivity contribution in [2.24, 2.45) is 0 Å². The number of hydrogen-bond donors (Lipinski definition) is 0. The summed E-state index contributed by atoms with van der Waals surface area (Å²) in [7, 11) is 0. The molecular formula is C16H13N3O2. The number of carbonyl (C=O) groups is 2. The number of allylic oxidation sites excluding steroid dienone is 1. The van der Waals surface area contributed by atoms with Crippen molar-refractivity contribution in [2.75, 3.05) is 19.6 Å². The van der Waals surface area contributed by atoms with Gasteiger partial charge in [0.05, 0.1) is 25.2 Å². The summed E-state index contributed by atoms with van der Waals surface area (Å²) in [5, 5.41) is 17.5. The van der Waals surface area contributed by atoms with Gasteiger partial charge in [0.1, 0.15) is 0 Å². The number of carbonyl (C=O) groups excluding carboxylic acids is 2. The highest BCUT2D eigenvalue weighted by Gasteiger charge is 2.30. The number of nitriles is 2. The van der Waals surface area contributed by atoms with E-state index in [1.165, 1.54) is 4.90 Å². The van der Waals surface area contributed by atoms with E-state index in [1.807, 2.05) is 12.1 Å². The van der Waals surface area contributed by atoms with E-state index in [-0.39, 0.29) is 31.2 Å². The second-order valence-electron chi connectivity index (χ2n) is 4.77. The van der Waals surface area contributed by atoms with E-state index in [4.69, 9.17) is 10.5 Å². The predicted molar refractivity (Wildman–Crippen MR) is 75.5 cm³/mol. The van der Waals surface area contributed by atoms with Crippen LogP contribution in [0, 0.1) is 22.7 Å². The molecule has 0 atom stereocenters. The van der Waals surface area contributed by atoms with Crippen LogP contribution in [0.25, 0.3) is 0 Å². The van der Waals surface area contributed by atoms with Crippen LogP contribution in [0.3, 0.4) is 0 Å². The van der Waals surface area contributed by atoms with Crippen LogP contribution in [0.15, 0.2) is 35.4 Å². The number of Topliss-reactive ketones (excluding diaryl/α,β-unsaturated/α-hetero) is 2. The fourth-order valence-corrected chi connectivity index (χ4v) is 2.33. The average Bonchev–Trinajstić information content (AvgIpc) is 2.49. The van der Waals surface area contributed by atoms with Crippen LogP contribution in [0.5, 0.6) is 0 Å². The molecule has 5 nitrogen and oxygen atoms in total. The van der Waals surface area contributed by atoms with E-state index < -0.39 is 0 Å². The Balaban J connectivity index is 2.38. The zero-order valence-corrected chi connectivity index (χ0v) is 11.6. The van der Waals surface area contributed by atoms with Gasteiger partial charge < -0.3 is 0 Å². The highest BCUT2D eigenvalue weighted by Crippen LogP contribution is 2.26. The third kappa shape index (κ3) is 2.74. The van der Waals surface area contributed by atoms with Crippen molar-refractivity contribution in [3.63, 3.8) is 0 Å². The minimum Gasteiger partial charge on any atom is -0.289 e. The molecule has 104 valence electrons. The lowest BCUT2D eigenvalue weighted by Gasteiger charge is -2.23. The lowest BCUT2D eigenvalue weighted by Crippen LogP contribution is -2.32. The van der Waals surface area contributed by atoms with Crippen LogP contribution in [-0.2, 0) is 0 Å². The van der Waals surface area contributed by atoms with Crippen molar-refractivity contribution in [2.45, 2.75) is 6.92 Å². The van der Waals surface area contributed by atoms with Gasteiger partial charge >= 0.3 is 0 Å². The molecule has 0 saturated heterocycles. The molecular weight excluding hydrogens is 266 g/mol. The Bertz CT molecular complexity index is 704. The number of rotatable bonds is 4. The molecule has 0 saturated carbocycles. The van der Waals surface area contributed by atoms with Crippen LogP contribution in [0.1, 0.15) is 27.6 Å². The fourth-order valence-electron chi connectivity index (χ4n) is 2.33. The summed E-state index contributed by atoms with van der Waals surface area (Å²) in [6.45, 7) is 1.81. The molecule has 0 amide bonds. The van der Waals surface area contributed by atoms with Crippen molar-refractivity contribution in [1.82, 2.24) is 4.90 Å². The fraction of sp³-hybridized carbons (Fsp3) is 0.250. The molecule has 5 heteroatoms. The van der Waals surface area contributed by atoms with Crippen LogP contribution in [-0.4, -0.2) is 36.1 Å². The summed E-state index contributed by atoms with van der Waals surface area (Å²) in [6, 6.07) is 10.6. The van der Waals surface area contributed by atoms with Gasteiger partial charge in [-0.2, -0.15) is 10.5 Å². The highest BCUT2D eigenvalue weighted by molar-refractivity contribution is 6.26. The first-order valence-corrected chi connectivity index (χ1v) is 6.44. The van der Waals surface area contributed by atoms with Gasteiger partial charge in [-0.25, -0.2) is 0 Å². The zero-order valence-electron chi connectivity index (χ0n) is 11.6. The Morgan fingerprint density at radius 1 is 1.00 bits per heavy atom. The molecule has 0 aliphatic heterocycles. The van der Waals surface area contributed by atoms with Gasteiger partial charge in [0, 0.05) is 28.8 Å². The van der Waals surface area contributed by atoms with Gasteiger partial charge in [0.15, 0.2) is 11.6 Å². The number of benzene rings is 1. The lowest BCUT2D eigenvalue weighted by atomic mass is 9.84. The van der Waals surface area contributed by atoms with Crippen LogP contribution in [0.2, 0.25) is 0 Å². The number of ketones is 2. The molecule has 1 aromatic carbocycles. The summed E-state index contributed by atoms with van der Waals surface area (Å²) in [5.74, 6) is -0.377. The topological polar surface area (TPSA) is 85.0 Å². The monoisotopic (exact) mass is 279 g/mol. The van der Waals surface area contributed by atoms with Crippen molar-refractivity contribution in [3.8, 4) is 12.1 Å². The van der Waals surface area contributed by atoms with Gasteiger partial charge in [-0.05, 0) is 6.92 Å².